The number of aromatic nitrogens is 3. The van der Waals surface area contributed by atoms with Crippen LogP contribution in [0.15, 0.2) is 40.8 Å². The first-order valence-corrected chi connectivity index (χ1v) is 8.95. The highest BCUT2D eigenvalue weighted by atomic mass is 32.1. The van der Waals surface area contributed by atoms with Gasteiger partial charge >= 0.3 is 5.97 Å². The van der Waals surface area contributed by atoms with Gasteiger partial charge in [-0.25, -0.2) is 9.78 Å². The van der Waals surface area contributed by atoms with Crippen molar-refractivity contribution in [1.29, 1.82) is 0 Å². The highest BCUT2D eigenvalue weighted by Crippen LogP contribution is 2.29. The van der Waals surface area contributed by atoms with E-state index in [1.165, 1.54) is 22.0 Å². The lowest BCUT2D eigenvalue weighted by Gasteiger charge is -2.26. The molecule has 0 radical (unpaired) electrons. The number of aromatic carboxylic acids is 1. The van der Waals surface area contributed by atoms with E-state index >= 15 is 0 Å². The van der Waals surface area contributed by atoms with Gasteiger partial charge in [0.1, 0.15) is 5.01 Å². The third-order valence-corrected chi connectivity index (χ3v) is 4.95. The molecule has 1 N–H and O–H groups in total. The van der Waals surface area contributed by atoms with Gasteiger partial charge in [0.25, 0.3) is 5.56 Å². The maximum absolute atomic E-state index is 13.1. The van der Waals surface area contributed by atoms with Crippen molar-refractivity contribution >= 4 is 17.3 Å². The standard InChI is InChI=1S/C19H19N3O3S/c1-11-13(18(24)25)9-14(17(23)22(11)19(2,3)4)15-10-26-16(21-15)12-5-7-20-8-6-12/h5-10H,1-4H3,(H,24,25). The minimum Gasteiger partial charge on any atom is -0.478 e. The molecule has 0 spiro atoms. The van der Waals surface area contributed by atoms with Crippen LogP contribution in [-0.4, -0.2) is 25.6 Å². The van der Waals surface area contributed by atoms with Crippen LogP contribution >= 0.6 is 11.3 Å². The summed E-state index contributed by atoms with van der Waals surface area (Å²) in [6.07, 6.45) is 3.36. The number of carbonyl (C=O) groups is 1. The summed E-state index contributed by atoms with van der Waals surface area (Å²) in [5.74, 6) is -1.06. The van der Waals surface area contributed by atoms with Crippen molar-refractivity contribution in [3.63, 3.8) is 0 Å². The van der Waals surface area contributed by atoms with Crippen LogP contribution < -0.4 is 5.56 Å². The monoisotopic (exact) mass is 369 g/mol. The molecule has 0 aliphatic carbocycles. The average Bonchev–Trinajstić information content (AvgIpc) is 3.04. The Morgan fingerprint density at radius 1 is 1.23 bits per heavy atom. The molecule has 0 aliphatic heterocycles. The van der Waals surface area contributed by atoms with Crippen LogP contribution in [0.4, 0.5) is 0 Å². The molecule has 3 aromatic rings. The Kier molecular flexibility index (Phi) is 4.50. The zero-order valence-electron chi connectivity index (χ0n) is 15.0. The fraction of sp³-hybridized carbons (Fsp3) is 0.263. The summed E-state index contributed by atoms with van der Waals surface area (Å²) in [5, 5.41) is 12.1. The molecule has 6 nitrogen and oxygen atoms in total. The fourth-order valence-corrected chi connectivity index (χ4v) is 3.76. The molecule has 3 rings (SSSR count). The molecule has 0 aromatic carbocycles. The van der Waals surface area contributed by atoms with E-state index < -0.39 is 11.5 Å². The minimum absolute atomic E-state index is 0.105. The second kappa shape index (κ2) is 6.49. The first-order valence-electron chi connectivity index (χ1n) is 8.07. The van der Waals surface area contributed by atoms with Gasteiger partial charge in [-0.05, 0) is 45.9 Å². The lowest BCUT2D eigenvalue weighted by atomic mass is 10.0. The predicted octanol–water partition coefficient (Wildman–Crippen LogP) is 3.80. The smallest absolute Gasteiger partial charge is 0.337 e. The molecule has 7 heteroatoms. The van der Waals surface area contributed by atoms with E-state index in [1.807, 2.05) is 32.9 Å². The Balaban J connectivity index is 2.23. The van der Waals surface area contributed by atoms with Gasteiger partial charge in [-0.3, -0.25) is 9.78 Å². The van der Waals surface area contributed by atoms with Gasteiger partial charge in [0.15, 0.2) is 0 Å². The van der Waals surface area contributed by atoms with Crippen LogP contribution in [0.5, 0.6) is 0 Å². The summed E-state index contributed by atoms with van der Waals surface area (Å²) in [6.45, 7) is 7.28. The molecule has 0 unspecified atom stereocenters. The van der Waals surface area contributed by atoms with E-state index in [-0.39, 0.29) is 11.1 Å². The van der Waals surface area contributed by atoms with Gasteiger partial charge < -0.3 is 9.67 Å². The normalized spacial score (nSPS) is 11.5. The SMILES string of the molecule is Cc1c(C(=O)O)cc(-c2csc(-c3ccncc3)n2)c(=O)n1C(C)(C)C. The summed E-state index contributed by atoms with van der Waals surface area (Å²) in [7, 11) is 0. The molecule has 0 atom stereocenters. The number of rotatable bonds is 3. The molecule has 0 saturated heterocycles. The highest BCUT2D eigenvalue weighted by molar-refractivity contribution is 7.13. The van der Waals surface area contributed by atoms with Crippen LogP contribution in [0.3, 0.4) is 0 Å². The molecule has 3 heterocycles. The molecule has 0 saturated carbocycles. The van der Waals surface area contributed by atoms with Crippen molar-refractivity contribution < 1.29 is 9.90 Å². The summed E-state index contributed by atoms with van der Waals surface area (Å²) in [5.41, 5.74) is 1.42. The van der Waals surface area contributed by atoms with Crippen molar-refractivity contribution in [2.24, 2.45) is 0 Å². The van der Waals surface area contributed by atoms with Gasteiger partial charge in [0, 0.05) is 34.6 Å². The number of nitrogens with zero attached hydrogens (tertiary/aromatic N) is 3. The van der Waals surface area contributed by atoms with E-state index in [9.17, 15) is 14.7 Å². The van der Waals surface area contributed by atoms with Gasteiger partial charge in [-0.1, -0.05) is 0 Å². The van der Waals surface area contributed by atoms with Gasteiger partial charge in [0.2, 0.25) is 0 Å². The summed E-state index contributed by atoms with van der Waals surface area (Å²) in [6, 6.07) is 5.11. The third-order valence-electron chi connectivity index (χ3n) is 4.06. The van der Waals surface area contributed by atoms with E-state index in [0.717, 1.165) is 10.6 Å². The second-order valence-corrected chi connectivity index (χ2v) is 7.81. The van der Waals surface area contributed by atoms with Crippen LogP contribution in [0.1, 0.15) is 36.8 Å². The number of hydrogen-bond acceptors (Lipinski definition) is 5. The number of thiazole rings is 1. The molecule has 0 bridgehead atoms. The van der Waals surface area contributed by atoms with Crippen LogP contribution in [-0.2, 0) is 5.54 Å². The largest absolute Gasteiger partial charge is 0.478 e. The summed E-state index contributed by atoms with van der Waals surface area (Å²) in [4.78, 5) is 33.3. The predicted molar refractivity (Wildman–Crippen MR) is 102 cm³/mol. The minimum atomic E-state index is -1.06. The van der Waals surface area contributed by atoms with Crippen molar-refractivity contribution in [3.8, 4) is 21.8 Å². The molecule has 0 amide bonds. The Bertz CT molecular complexity index is 1030. The number of carboxylic acid groups (broad SMARTS) is 1. The highest BCUT2D eigenvalue weighted by Gasteiger charge is 2.25. The summed E-state index contributed by atoms with van der Waals surface area (Å²) < 4.78 is 1.53. The van der Waals surface area contributed by atoms with E-state index in [0.29, 0.717) is 17.0 Å². The topological polar surface area (TPSA) is 85.1 Å². The average molecular weight is 369 g/mol. The Hall–Kier alpha value is -2.80. The first kappa shape index (κ1) is 18.0. The maximum Gasteiger partial charge on any atom is 0.337 e. The van der Waals surface area contributed by atoms with E-state index in [4.69, 9.17) is 0 Å². The number of pyridine rings is 2. The fourth-order valence-electron chi connectivity index (χ4n) is 2.94. The van der Waals surface area contributed by atoms with Gasteiger partial charge in [-0.15, -0.1) is 11.3 Å². The molecular formula is C19H19N3O3S. The van der Waals surface area contributed by atoms with Crippen LogP contribution in [0, 0.1) is 6.92 Å². The lowest BCUT2D eigenvalue weighted by molar-refractivity contribution is 0.0694. The third kappa shape index (κ3) is 3.17. The van der Waals surface area contributed by atoms with Crippen molar-refractivity contribution in [1.82, 2.24) is 14.5 Å². The van der Waals surface area contributed by atoms with Gasteiger partial charge in [0.05, 0.1) is 16.8 Å². The molecule has 134 valence electrons. The van der Waals surface area contributed by atoms with E-state index in [1.54, 1.807) is 24.7 Å². The zero-order chi connectivity index (χ0) is 19.1. The van der Waals surface area contributed by atoms with Crippen molar-refractivity contribution in [2.75, 3.05) is 0 Å². The lowest BCUT2D eigenvalue weighted by Crippen LogP contribution is -2.37. The van der Waals surface area contributed by atoms with Crippen molar-refractivity contribution in [2.45, 2.75) is 33.2 Å². The Labute approximate surface area is 154 Å². The quantitative estimate of drug-likeness (QED) is 0.759. The molecule has 26 heavy (non-hydrogen) atoms. The zero-order valence-corrected chi connectivity index (χ0v) is 15.8. The Morgan fingerprint density at radius 2 is 1.88 bits per heavy atom. The number of carboxylic acids is 1. The number of hydrogen-bond donors (Lipinski definition) is 1. The van der Waals surface area contributed by atoms with Crippen molar-refractivity contribution in [3.05, 3.63) is 57.6 Å². The first-order chi connectivity index (χ1) is 12.2. The molecule has 0 fully saturated rings. The Morgan fingerprint density at radius 3 is 2.46 bits per heavy atom. The summed E-state index contributed by atoms with van der Waals surface area (Å²) >= 11 is 1.40. The van der Waals surface area contributed by atoms with E-state index in [2.05, 4.69) is 9.97 Å². The maximum atomic E-state index is 13.1. The van der Waals surface area contributed by atoms with Gasteiger partial charge in [-0.2, -0.15) is 0 Å². The molecule has 0 aliphatic rings. The molecular weight excluding hydrogens is 350 g/mol. The second-order valence-electron chi connectivity index (χ2n) is 6.95. The van der Waals surface area contributed by atoms with Crippen LogP contribution in [0.2, 0.25) is 0 Å². The molecule has 3 aromatic heterocycles. The van der Waals surface area contributed by atoms with Crippen LogP contribution in [0.25, 0.3) is 21.8 Å².